The van der Waals surface area contributed by atoms with Crippen LogP contribution < -0.4 is 0 Å². The van der Waals surface area contributed by atoms with Gasteiger partial charge in [0.25, 0.3) is 0 Å². The minimum atomic E-state index is 0.460. The molecule has 0 N–H and O–H groups in total. The highest BCUT2D eigenvalue weighted by atomic mass is 14.5. The molecule has 0 radical (unpaired) electrons. The lowest BCUT2D eigenvalue weighted by Gasteiger charge is -2.10. The SMILES string of the molecule is C=C=C1CC1(C)C(C)C. The molecule has 0 aromatic carbocycles. The number of rotatable bonds is 1. The van der Waals surface area contributed by atoms with Crippen molar-refractivity contribution >= 4 is 0 Å². The van der Waals surface area contributed by atoms with Crippen LogP contribution in [-0.4, -0.2) is 0 Å². The number of allylic oxidation sites excluding steroid dienone is 1. The smallest absolute Gasteiger partial charge is 0.00259 e. The van der Waals surface area contributed by atoms with E-state index in [4.69, 9.17) is 0 Å². The summed E-state index contributed by atoms with van der Waals surface area (Å²) in [6, 6.07) is 0. The molecule has 1 aliphatic rings. The molecule has 0 aliphatic heterocycles. The van der Waals surface area contributed by atoms with Crippen LogP contribution in [0.3, 0.4) is 0 Å². The lowest BCUT2D eigenvalue weighted by Crippen LogP contribution is -2.02. The molecule has 0 heterocycles. The van der Waals surface area contributed by atoms with Gasteiger partial charge in [0.2, 0.25) is 0 Å². The predicted octanol–water partition coefficient (Wildman–Crippen LogP) is 2.76. The van der Waals surface area contributed by atoms with E-state index < -0.39 is 0 Å². The number of hydrogen-bond acceptors (Lipinski definition) is 0. The molecule has 9 heavy (non-hydrogen) atoms. The molecule has 1 unspecified atom stereocenters. The van der Waals surface area contributed by atoms with Crippen molar-refractivity contribution in [3.63, 3.8) is 0 Å². The van der Waals surface area contributed by atoms with E-state index in [1.807, 2.05) is 0 Å². The first kappa shape index (κ1) is 6.64. The molecule has 1 fully saturated rings. The van der Waals surface area contributed by atoms with Gasteiger partial charge in [0.15, 0.2) is 0 Å². The molecule has 0 spiro atoms. The van der Waals surface area contributed by atoms with Gasteiger partial charge in [-0.3, -0.25) is 0 Å². The first-order valence-corrected chi connectivity index (χ1v) is 3.50. The van der Waals surface area contributed by atoms with Crippen molar-refractivity contribution in [1.29, 1.82) is 0 Å². The molecule has 0 aromatic rings. The maximum absolute atomic E-state index is 3.64. The first-order valence-electron chi connectivity index (χ1n) is 3.50. The van der Waals surface area contributed by atoms with Crippen molar-refractivity contribution in [3.05, 3.63) is 17.9 Å². The van der Waals surface area contributed by atoms with E-state index >= 15 is 0 Å². The van der Waals surface area contributed by atoms with E-state index in [1.165, 1.54) is 12.0 Å². The summed E-state index contributed by atoms with van der Waals surface area (Å²) in [5, 5.41) is 0. The molecular formula is C9H14. The van der Waals surface area contributed by atoms with Crippen LogP contribution in [0.2, 0.25) is 0 Å². The maximum Gasteiger partial charge on any atom is 0.00259 e. The van der Waals surface area contributed by atoms with Gasteiger partial charge in [-0.05, 0) is 17.9 Å². The van der Waals surface area contributed by atoms with Crippen molar-refractivity contribution in [1.82, 2.24) is 0 Å². The quantitative estimate of drug-likeness (QED) is 0.469. The summed E-state index contributed by atoms with van der Waals surface area (Å²) in [4.78, 5) is 0. The Kier molecular flexibility index (Phi) is 1.29. The van der Waals surface area contributed by atoms with Gasteiger partial charge < -0.3 is 0 Å². The Morgan fingerprint density at radius 1 is 1.67 bits per heavy atom. The van der Waals surface area contributed by atoms with Gasteiger partial charge in [-0.2, -0.15) is 0 Å². The molecule has 0 amide bonds. The van der Waals surface area contributed by atoms with Crippen molar-refractivity contribution in [2.75, 3.05) is 0 Å². The van der Waals surface area contributed by atoms with Gasteiger partial charge in [0.05, 0.1) is 0 Å². The summed E-state index contributed by atoms with van der Waals surface area (Å²) < 4.78 is 0. The highest BCUT2D eigenvalue weighted by Gasteiger charge is 2.46. The molecule has 0 aromatic heterocycles. The van der Waals surface area contributed by atoms with Crippen molar-refractivity contribution in [3.8, 4) is 0 Å². The monoisotopic (exact) mass is 122 g/mol. The summed E-state index contributed by atoms with van der Waals surface area (Å²) in [5.41, 5.74) is 4.85. The Labute approximate surface area is 57.3 Å². The molecule has 0 bridgehead atoms. The van der Waals surface area contributed by atoms with Crippen LogP contribution >= 0.6 is 0 Å². The lowest BCUT2D eigenvalue weighted by atomic mass is 9.94. The zero-order valence-electron chi connectivity index (χ0n) is 6.49. The van der Waals surface area contributed by atoms with E-state index in [0.717, 1.165) is 5.92 Å². The van der Waals surface area contributed by atoms with E-state index in [0.29, 0.717) is 5.41 Å². The predicted molar refractivity (Wildman–Crippen MR) is 40.2 cm³/mol. The highest BCUT2D eigenvalue weighted by Crippen LogP contribution is 2.56. The van der Waals surface area contributed by atoms with Gasteiger partial charge in [-0.1, -0.05) is 27.4 Å². The Balaban J connectivity index is 2.74. The minimum Gasteiger partial charge on any atom is -0.129 e. The Hall–Kier alpha value is -0.480. The van der Waals surface area contributed by atoms with Crippen molar-refractivity contribution in [2.45, 2.75) is 27.2 Å². The van der Waals surface area contributed by atoms with Gasteiger partial charge in [0, 0.05) is 5.41 Å². The van der Waals surface area contributed by atoms with Crippen molar-refractivity contribution < 1.29 is 0 Å². The maximum atomic E-state index is 3.64. The summed E-state index contributed by atoms with van der Waals surface area (Å²) in [6.07, 6.45) is 1.22. The summed E-state index contributed by atoms with van der Waals surface area (Å²) in [6.45, 7) is 10.4. The largest absolute Gasteiger partial charge is 0.129 e. The normalized spacial score (nSPS) is 32.7. The standard InChI is InChI=1S/C9H14/c1-5-8-6-9(8,4)7(2)3/h7H,1,6H2,2-4H3. The summed E-state index contributed by atoms with van der Waals surface area (Å²) in [5.74, 6) is 0.752. The van der Waals surface area contributed by atoms with Crippen LogP contribution in [0.25, 0.3) is 0 Å². The fourth-order valence-corrected chi connectivity index (χ4v) is 1.14. The average Bonchev–Trinajstić information content (AvgIpc) is 2.44. The average molecular weight is 122 g/mol. The Morgan fingerprint density at radius 2 is 2.22 bits per heavy atom. The fraction of sp³-hybridized carbons (Fsp3) is 0.667. The van der Waals surface area contributed by atoms with Gasteiger partial charge in [-0.25, -0.2) is 0 Å². The molecular weight excluding hydrogens is 108 g/mol. The minimum absolute atomic E-state index is 0.460. The molecule has 0 nitrogen and oxygen atoms in total. The van der Waals surface area contributed by atoms with E-state index in [2.05, 4.69) is 33.1 Å². The molecule has 1 rings (SSSR count). The topological polar surface area (TPSA) is 0 Å². The van der Waals surface area contributed by atoms with Crippen LogP contribution in [0.15, 0.2) is 17.9 Å². The zero-order chi connectivity index (χ0) is 7.07. The number of hydrogen-bond donors (Lipinski definition) is 0. The van der Waals surface area contributed by atoms with Gasteiger partial charge >= 0.3 is 0 Å². The third kappa shape index (κ3) is 0.840. The van der Waals surface area contributed by atoms with Crippen LogP contribution in [0, 0.1) is 11.3 Å². The summed E-state index contributed by atoms with van der Waals surface area (Å²) in [7, 11) is 0. The second-order valence-corrected chi connectivity index (χ2v) is 3.40. The molecule has 1 atom stereocenters. The van der Waals surface area contributed by atoms with Crippen LogP contribution in [0.4, 0.5) is 0 Å². The second-order valence-electron chi connectivity index (χ2n) is 3.40. The van der Waals surface area contributed by atoms with E-state index in [-0.39, 0.29) is 0 Å². The third-order valence-electron chi connectivity index (χ3n) is 2.60. The molecule has 0 heteroatoms. The second kappa shape index (κ2) is 1.75. The Bertz CT molecular complexity index is 170. The van der Waals surface area contributed by atoms with Crippen LogP contribution in [-0.2, 0) is 0 Å². The highest BCUT2D eigenvalue weighted by molar-refractivity contribution is 5.30. The molecule has 1 aliphatic carbocycles. The van der Waals surface area contributed by atoms with Crippen LogP contribution in [0.5, 0.6) is 0 Å². The van der Waals surface area contributed by atoms with Crippen molar-refractivity contribution in [2.24, 2.45) is 11.3 Å². The molecule has 50 valence electrons. The van der Waals surface area contributed by atoms with E-state index in [1.54, 1.807) is 0 Å². The summed E-state index contributed by atoms with van der Waals surface area (Å²) >= 11 is 0. The zero-order valence-corrected chi connectivity index (χ0v) is 6.49. The molecule has 1 saturated carbocycles. The van der Waals surface area contributed by atoms with Crippen LogP contribution in [0.1, 0.15) is 27.2 Å². The van der Waals surface area contributed by atoms with Gasteiger partial charge in [-0.15, -0.1) is 5.73 Å². The van der Waals surface area contributed by atoms with E-state index in [9.17, 15) is 0 Å². The van der Waals surface area contributed by atoms with Gasteiger partial charge in [0.1, 0.15) is 0 Å². The molecule has 0 saturated heterocycles. The third-order valence-corrected chi connectivity index (χ3v) is 2.60. The lowest BCUT2D eigenvalue weighted by molar-refractivity contribution is 0.418. The Morgan fingerprint density at radius 3 is 2.33 bits per heavy atom. The first-order chi connectivity index (χ1) is 4.11. The fourth-order valence-electron chi connectivity index (χ4n) is 1.14.